The summed E-state index contributed by atoms with van der Waals surface area (Å²) in [6.45, 7) is 1.79. The van der Waals surface area contributed by atoms with E-state index in [1.165, 1.54) is 6.07 Å². The fourth-order valence-corrected chi connectivity index (χ4v) is 3.50. The molecule has 0 aliphatic heterocycles. The van der Waals surface area contributed by atoms with Crippen LogP contribution in [0.1, 0.15) is 11.1 Å². The van der Waals surface area contributed by atoms with E-state index >= 15 is 0 Å². The van der Waals surface area contributed by atoms with Crippen LogP contribution < -0.4 is 5.73 Å². The Morgan fingerprint density at radius 1 is 1.11 bits per heavy atom. The number of halogens is 1. The van der Waals surface area contributed by atoms with E-state index in [9.17, 15) is 8.42 Å². The van der Waals surface area contributed by atoms with Crippen molar-refractivity contribution >= 4 is 27.1 Å². The van der Waals surface area contributed by atoms with Crippen LogP contribution in [0, 0.1) is 6.92 Å². The molecular formula is C14H14ClNO2S. The zero-order chi connectivity index (χ0) is 14.0. The Labute approximate surface area is 117 Å². The van der Waals surface area contributed by atoms with E-state index in [4.69, 9.17) is 17.3 Å². The first-order valence-corrected chi connectivity index (χ1v) is 7.75. The molecule has 0 saturated carbocycles. The number of nitrogen functional groups attached to an aromatic ring is 1. The van der Waals surface area contributed by atoms with E-state index < -0.39 is 9.84 Å². The first-order valence-electron chi connectivity index (χ1n) is 5.72. The van der Waals surface area contributed by atoms with Gasteiger partial charge in [-0.15, -0.1) is 0 Å². The topological polar surface area (TPSA) is 60.2 Å². The molecule has 2 aromatic carbocycles. The van der Waals surface area contributed by atoms with Crippen LogP contribution >= 0.6 is 11.6 Å². The lowest BCUT2D eigenvalue weighted by Crippen LogP contribution is -2.08. The van der Waals surface area contributed by atoms with Gasteiger partial charge < -0.3 is 5.73 Å². The predicted octanol–water partition coefficient (Wildman–Crippen LogP) is 3.20. The third-order valence-corrected chi connectivity index (χ3v) is 4.88. The normalized spacial score (nSPS) is 11.5. The quantitative estimate of drug-likeness (QED) is 0.885. The summed E-state index contributed by atoms with van der Waals surface area (Å²) in [5.41, 5.74) is 7.61. The molecule has 0 bridgehead atoms. The van der Waals surface area contributed by atoms with Gasteiger partial charge in [-0.2, -0.15) is 0 Å². The molecule has 19 heavy (non-hydrogen) atoms. The molecule has 2 N–H and O–H groups in total. The Morgan fingerprint density at radius 2 is 1.74 bits per heavy atom. The van der Waals surface area contributed by atoms with Crippen LogP contribution in [0.25, 0.3) is 0 Å². The minimum absolute atomic E-state index is 0.0855. The van der Waals surface area contributed by atoms with Gasteiger partial charge in [0.25, 0.3) is 0 Å². The third-order valence-electron chi connectivity index (χ3n) is 2.89. The van der Waals surface area contributed by atoms with E-state index in [-0.39, 0.29) is 10.6 Å². The molecule has 0 radical (unpaired) electrons. The Bertz CT molecular complexity index is 694. The number of hydrogen-bond acceptors (Lipinski definition) is 3. The maximum absolute atomic E-state index is 12.3. The summed E-state index contributed by atoms with van der Waals surface area (Å²) in [4.78, 5) is 0.183. The standard InChI is InChI=1S/C14H14ClNO2S/c1-10-3-2-4-13(14(10)16)19(17,18)9-11-5-7-12(15)8-6-11/h2-8H,9,16H2,1H3. The average Bonchev–Trinajstić information content (AvgIpc) is 2.35. The summed E-state index contributed by atoms with van der Waals surface area (Å²) in [5, 5.41) is 0.580. The van der Waals surface area contributed by atoms with Crippen LogP contribution in [0.4, 0.5) is 5.69 Å². The average molecular weight is 296 g/mol. The van der Waals surface area contributed by atoms with E-state index in [2.05, 4.69) is 0 Å². The van der Waals surface area contributed by atoms with Gasteiger partial charge in [0.1, 0.15) is 0 Å². The summed E-state index contributed by atoms with van der Waals surface area (Å²) < 4.78 is 24.7. The molecule has 0 aliphatic carbocycles. The van der Waals surface area contributed by atoms with Crippen molar-refractivity contribution < 1.29 is 8.42 Å². The lowest BCUT2D eigenvalue weighted by atomic mass is 10.2. The number of para-hydroxylation sites is 1. The molecule has 2 aromatic rings. The second-order valence-corrected chi connectivity index (χ2v) is 6.77. The maximum atomic E-state index is 12.3. The van der Waals surface area contributed by atoms with Crippen LogP contribution in [0.15, 0.2) is 47.4 Å². The van der Waals surface area contributed by atoms with Gasteiger partial charge in [-0.25, -0.2) is 8.42 Å². The van der Waals surface area contributed by atoms with Gasteiger partial charge in [-0.1, -0.05) is 35.9 Å². The van der Waals surface area contributed by atoms with Gasteiger partial charge in [0.05, 0.1) is 16.3 Å². The number of sulfone groups is 1. The Kier molecular flexibility index (Phi) is 3.83. The Hall–Kier alpha value is -1.52. The van der Waals surface area contributed by atoms with E-state index in [1.807, 2.05) is 0 Å². The van der Waals surface area contributed by atoms with Gasteiger partial charge in [0, 0.05) is 5.02 Å². The molecule has 0 spiro atoms. The molecule has 100 valence electrons. The van der Waals surface area contributed by atoms with Crippen LogP contribution in [-0.4, -0.2) is 8.42 Å². The van der Waals surface area contributed by atoms with Gasteiger partial charge in [-0.3, -0.25) is 0 Å². The summed E-state index contributed by atoms with van der Waals surface area (Å²) in [6.07, 6.45) is 0. The summed E-state index contributed by atoms with van der Waals surface area (Å²) in [7, 11) is -3.45. The molecule has 0 heterocycles. The van der Waals surface area contributed by atoms with Crippen LogP contribution in [-0.2, 0) is 15.6 Å². The Morgan fingerprint density at radius 3 is 2.37 bits per heavy atom. The van der Waals surface area contributed by atoms with Crippen LogP contribution in [0.5, 0.6) is 0 Å². The highest BCUT2D eigenvalue weighted by molar-refractivity contribution is 7.90. The lowest BCUT2D eigenvalue weighted by Gasteiger charge is -2.09. The second kappa shape index (κ2) is 5.23. The molecular weight excluding hydrogens is 282 g/mol. The zero-order valence-electron chi connectivity index (χ0n) is 10.4. The number of hydrogen-bond donors (Lipinski definition) is 1. The van der Waals surface area contributed by atoms with Crippen molar-refractivity contribution in [2.75, 3.05) is 5.73 Å². The molecule has 0 saturated heterocycles. The number of rotatable bonds is 3. The van der Waals surface area contributed by atoms with Crippen molar-refractivity contribution in [3.63, 3.8) is 0 Å². The first kappa shape index (κ1) is 13.9. The number of nitrogens with two attached hydrogens (primary N) is 1. The molecule has 0 aromatic heterocycles. The molecule has 0 unspecified atom stereocenters. The number of benzene rings is 2. The minimum atomic E-state index is -3.45. The highest BCUT2D eigenvalue weighted by atomic mass is 35.5. The smallest absolute Gasteiger partial charge is 0.184 e. The van der Waals surface area contributed by atoms with Crippen molar-refractivity contribution in [1.82, 2.24) is 0 Å². The highest BCUT2D eigenvalue weighted by Crippen LogP contribution is 2.25. The first-order chi connectivity index (χ1) is 8.90. The van der Waals surface area contributed by atoms with Crippen molar-refractivity contribution in [1.29, 1.82) is 0 Å². The monoisotopic (exact) mass is 295 g/mol. The Balaban J connectivity index is 2.38. The van der Waals surface area contributed by atoms with E-state index in [0.717, 1.165) is 5.56 Å². The number of aryl methyl sites for hydroxylation is 1. The highest BCUT2D eigenvalue weighted by Gasteiger charge is 2.19. The summed E-state index contributed by atoms with van der Waals surface area (Å²) >= 11 is 5.78. The van der Waals surface area contributed by atoms with Crippen LogP contribution in [0.2, 0.25) is 5.02 Å². The van der Waals surface area contributed by atoms with Gasteiger partial charge >= 0.3 is 0 Å². The minimum Gasteiger partial charge on any atom is -0.397 e. The van der Waals surface area contributed by atoms with Gasteiger partial charge in [0.15, 0.2) is 9.84 Å². The molecule has 0 atom stereocenters. The predicted molar refractivity (Wildman–Crippen MR) is 77.9 cm³/mol. The van der Waals surface area contributed by atoms with Crippen molar-refractivity contribution in [3.8, 4) is 0 Å². The van der Waals surface area contributed by atoms with Crippen LogP contribution in [0.3, 0.4) is 0 Å². The molecule has 0 fully saturated rings. The zero-order valence-corrected chi connectivity index (χ0v) is 12.0. The van der Waals surface area contributed by atoms with E-state index in [0.29, 0.717) is 16.3 Å². The number of anilines is 1. The maximum Gasteiger partial charge on any atom is 0.184 e. The second-order valence-electron chi connectivity index (χ2n) is 4.37. The third kappa shape index (κ3) is 3.08. The molecule has 2 rings (SSSR count). The van der Waals surface area contributed by atoms with Gasteiger partial charge in [-0.05, 0) is 36.2 Å². The molecule has 0 aliphatic rings. The van der Waals surface area contributed by atoms with Crippen molar-refractivity contribution in [2.24, 2.45) is 0 Å². The SMILES string of the molecule is Cc1cccc(S(=O)(=O)Cc2ccc(Cl)cc2)c1N. The molecule has 3 nitrogen and oxygen atoms in total. The lowest BCUT2D eigenvalue weighted by molar-refractivity contribution is 0.595. The fraction of sp³-hybridized carbons (Fsp3) is 0.143. The van der Waals surface area contributed by atoms with E-state index in [1.54, 1.807) is 43.3 Å². The fourth-order valence-electron chi connectivity index (χ4n) is 1.80. The summed E-state index contributed by atoms with van der Waals surface area (Å²) in [5.74, 6) is -0.0855. The van der Waals surface area contributed by atoms with Crippen molar-refractivity contribution in [2.45, 2.75) is 17.6 Å². The van der Waals surface area contributed by atoms with Crippen molar-refractivity contribution in [3.05, 3.63) is 58.6 Å². The summed E-state index contributed by atoms with van der Waals surface area (Å²) in [6, 6.07) is 11.8. The largest absolute Gasteiger partial charge is 0.397 e. The molecule has 5 heteroatoms. The van der Waals surface area contributed by atoms with Gasteiger partial charge in [0.2, 0.25) is 0 Å². The molecule has 0 amide bonds.